The number of rotatable bonds is 2. The lowest BCUT2D eigenvalue weighted by molar-refractivity contribution is -0.117. The molecule has 3 heteroatoms. The molecule has 3 nitrogen and oxygen atoms in total. The molecule has 0 aliphatic heterocycles. The third-order valence-electron chi connectivity index (χ3n) is 0.902. The van der Waals surface area contributed by atoms with Gasteiger partial charge in [-0.05, 0) is 19.9 Å². The summed E-state index contributed by atoms with van der Waals surface area (Å²) in [6, 6.07) is 0. The maximum Gasteiger partial charge on any atom is 0.246 e. The number of nitrogens with one attached hydrogen (secondary N) is 1. The summed E-state index contributed by atoms with van der Waals surface area (Å²) in [6.07, 6.45) is 1.28. The van der Waals surface area contributed by atoms with E-state index in [1.807, 2.05) is 0 Å². The Balaban J connectivity index is 0. The van der Waals surface area contributed by atoms with E-state index >= 15 is 0 Å². The molecule has 1 amide bonds. The molecule has 0 aromatic heterocycles. The number of amides is 1. The molecule has 0 fully saturated rings. The first-order valence-corrected chi connectivity index (χ1v) is 3.46. The van der Waals surface area contributed by atoms with E-state index in [1.165, 1.54) is 13.0 Å². The van der Waals surface area contributed by atoms with Gasteiger partial charge in [0, 0.05) is 12.6 Å². The van der Waals surface area contributed by atoms with Gasteiger partial charge in [-0.3, -0.25) is 9.59 Å². The average molecular weight is 169 g/mol. The van der Waals surface area contributed by atoms with Crippen LogP contribution >= 0.6 is 0 Å². The van der Waals surface area contributed by atoms with Gasteiger partial charge in [0.15, 0.2) is 5.78 Å². The molecule has 0 spiro atoms. The average Bonchev–Trinajstić information content (AvgIpc) is 2.04. The van der Waals surface area contributed by atoms with Crippen LogP contribution in [0.3, 0.4) is 0 Å². The van der Waals surface area contributed by atoms with E-state index in [0.717, 1.165) is 0 Å². The zero-order valence-corrected chi connectivity index (χ0v) is 7.81. The van der Waals surface area contributed by atoms with Crippen LogP contribution in [-0.2, 0) is 9.59 Å². The fourth-order valence-electron chi connectivity index (χ4n) is 0.213. The lowest BCUT2D eigenvalue weighted by atomic mass is 10.3. The first kappa shape index (κ1) is 13.2. The minimum Gasteiger partial charge on any atom is -0.355 e. The molecule has 0 saturated carbocycles. The van der Waals surface area contributed by atoms with Crippen molar-refractivity contribution >= 4 is 11.7 Å². The van der Waals surface area contributed by atoms with Crippen molar-refractivity contribution in [2.24, 2.45) is 0 Å². The maximum absolute atomic E-state index is 10.3. The van der Waals surface area contributed by atoms with Gasteiger partial charge in [0.1, 0.15) is 0 Å². The van der Waals surface area contributed by atoms with E-state index in [-0.39, 0.29) is 11.7 Å². The smallest absolute Gasteiger partial charge is 0.246 e. The third-order valence-corrected chi connectivity index (χ3v) is 0.902. The molecule has 0 unspecified atom stereocenters. The monoisotopic (exact) mass is 169 g/mol. The van der Waals surface area contributed by atoms with Gasteiger partial charge in [-0.15, -0.1) is 0 Å². The molecule has 0 saturated heterocycles. The molecule has 0 aromatic carbocycles. The molecular formula is C9H15NO2. The van der Waals surface area contributed by atoms with Gasteiger partial charge < -0.3 is 5.32 Å². The Morgan fingerprint density at radius 2 is 1.67 bits per heavy atom. The molecular weight excluding hydrogens is 154 g/mol. The minimum atomic E-state index is -0.0972. The Morgan fingerprint density at radius 1 is 1.33 bits per heavy atom. The van der Waals surface area contributed by atoms with Gasteiger partial charge in [-0.2, -0.15) is 0 Å². The van der Waals surface area contributed by atoms with Gasteiger partial charge in [-0.25, -0.2) is 0 Å². The first-order chi connectivity index (χ1) is 5.45. The molecule has 12 heavy (non-hydrogen) atoms. The topological polar surface area (TPSA) is 46.2 Å². The van der Waals surface area contributed by atoms with Gasteiger partial charge in [0.2, 0.25) is 5.91 Å². The summed E-state index contributed by atoms with van der Waals surface area (Å²) in [7, 11) is 1.58. The van der Waals surface area contributed by atoms with Crippen molar-refractivity contribution in [2.45, 2.75) is 13.8 Å². The summed E-state index contributed by atoms with van der Waals surface area (Å²) in [5.41, 5.74) is 0.544. The van der Waals surface area contributed by atoms with Crippen molar-refractivity contribution in [1.29, 1.82) is 0 Å². The summed E-state index contributed by atoms with van der Waals surface area (Å²) in [6.45, 7) is 9.76. The van der Waals surface area contributed by atoms with Crippen LogP contribution in [0.5, 0.6) is 0 Å². The minimum absolute atomic E-state index is 0.0185. The zero-order valence-electron chi connectivity index (χ0n) is 7.81. The summed E-state index contributed by atoms with van der Waals surface area (Å²) in [5, 5.41) is 2.43. The van der Waals surface area contributed by atoms with Gasteiger partial charge in [-0.1, -0.05) is 13.2 Å². The molecule has 0 aromatic rings. The van der Waals surface area contributed by atoms with Crippen LogP contribution in [0.25, 0.3) is 0 Å². The van der Waals surface area contributed by atoms with E-state index in [1.54, 1.807) is 14.0 Å². The van der Waals surface area contributed by atoms with Crippen molar-refractivity contribution in [3.8, 4) is 0 Å². The van der Waals surface area contributed by atoms with Crippen molar-refractivity contribution in [1.82, 2.24) is 5.32 Å². The van der Waals surface area contributed by atoms with Crippen molar-refractivity contribution in [3.63, 3.8) is 0 Å². The van der Waals surface area contributed by atoms with E-state index in [9.17, 15) is 9.59 Å². The molecule has 68 valence electrons. The quantitative estimate of drug-likeness (QED) is 0.628. The fourth-order valence-corrected chi connectivity index (χ4v) is 0.213. The zero-order chi connectivity index (χ0) is 10.1. The summed E-state index contributed by atoms with van der Waals surface area (Å²) in [5.74, 6) is -0.0787. The Bertz CT molecular complexity index is 195. The summed E-state index contributed by atoms with van der Waals surface area (Å²) in [4.78, 5) is 20.0. The molecule has 1 N–H and O–H groups in total. The Morgan fingerprint density at radius 3 is 1.67 bits per heavy atom. The van der Waals surface area contributed by atoms with Crippen molar-refractivity contribution in [2.75, 3.05) is 7.05 Å². The standard InChI is InChI=1S/C5H9NO.C4H6O/c1-4(2)5(7)6-3;1-3-4(2)5/h1H2,2-3H3,(H,6,7);3H,1H2,2H3. The number of carbonyl (C=O) groups is 2. The highest BCUT2D eigenvalue weighted by Crippen LogP contribution is 1.81. The normalized spacial score (nSPS) is 7.25. The second-order valence-corrected chi connectivity index (χ2v) is 2.17. The van der Waals surface area contributed by atoms with Crippen LogP contribution in [0.1, 0.15) is 13.8 Å². The van der Waals surface area contributed by atoms with Crippen LogP contribution in [0.4, 0.5) is 0 Å². The number of hydrogen-bond acceptors (Lipinski definition) is 2. The van der Waals surface area contributed by atoms with Crippen molar-refractivity contribution in [3.05, 3.63) is 24.8 Å². The Kier molecular flexibility index (Phi) is 8.51. The van der Waals surface area contributed by atoms with Crippen LogP contribution in [-0.4, -0.2) is 18.7 Å². The lowest BCUT2D eigenvalue weighted by Gasteiger charge is -1.91. The first-order valence-electron chi connectivity index (χ1n) is 3.46. The Labute approximate surface area is 73.2 Å². The highest BCUT2D eigenvalue weighted by molar-refractivity contribution is 5.91. The van der Waals surface area contributed by atoms with Gasteiger partial charge >= 0.3 is 0 Å². The van der Waals surface area contributed by atoms with Gasteiger partial charge in [0.05, 0.1) is 0 Å². The second-order valence-electron chi connectivity index (χ2n) is 2.17. The second kappa shape index (κ2) is 7.72. The number of hydrogen-bond donors (Lipinski definition) is 1. The predicted octanol–water partition coefficient (Wildman–Crippen LogP) is 1.07. The lowest BCUT2D eigenvalue weighted by Crippen LogP contribution is -2.17. The number of ketones is 1. The molecule has 0 aliphatic rings. The summed E-state index contributed by atoms with van der Waals surface area (Å²) < 4.78 is 0. The predicted molar refractivity (Wildman–Crippen MR) is 49.8 cm³/mol. The molecule has 0 atom stereocenters. The van der Waals surface area contributed by atoms with E-state index in [0.29, 0.717) is 5.57 Å². The van der Waals surface area contributed by atoms with Crippen LogP contribution in [0.15, 0.2) is 24.8 Å². The highest BCUT2D eigenvalue weighted by Gasteiger charge is 1.92. The number of allylic oxidation sites excluding steroid dienone is 1. The molecule has 0 aliphatic carbocycles. The van der Waals surface area contributed by atoms with Crippen molar-refractivity contribution < 1.29 is 9.59 Å². The molecule has 0 bridgehead atoms. The SMILES string of the molecule is C=C(C)C(=O)NC.C=CC(C)=O. The van der Waals surface area contributed by atoms with E-state index in [4.69, 9.17) is 0 Å². The summed E-state index contributed by atoms with van der Waals surface area (Å²) >= 11 is 0. The van der Waals surface area contributed by atoms with E-state index < -0.39 is 0 Å². The molecule has 0 radical (unpaired) electrons. The maximum atomic E-state index is 10.3. The fraction of sp³-hybridized carbons (Fsp3) is 0.333. The van der Waals surface area contributed by atoms with Crippen LogP contribution in [0.2, 0.25) is 0 Å². The third kappa shape index (κ3) is 11.4. The van der Waals surface area contributed by atoms with E-state index in [2.05, 4.69) is 18.5 Å². The highest BCUT2D eigenvalue weighted by atomic mass is 16.1. The molecule has 0 heterocycles. The number of carbonyl (C=O) groups excluding carboxylic acids is 2. The number of likely N-dealkylation sites (N-methyl/N-ethyl adjacent to an activating group) is 1. The van der Waals surface area contributed by atoms with Crippen LogP contribution in [0, 0.1) is 0 Å². The largest absolute Gasteiger partial charge is 0.355 e. The Hall–Kier alpha value is -1.38. The van der Waals surface area contributed by atoms with Gasteiger partial charge in [0.25, 0.3) is 0 Å². The molecule has 0 rings (SSSR count). The van der Waals surface area contributed by atoms with Crippen LogP contribution < -0.4 is 5.32 Å².